The number of hydrogen-bond acceptors (Lipinski definition) is 3. The average Bonchev–Trinajstić information content (AvgIpc) is 2.20. The molecule has 15 heavy (non-hydrogen) atoms. The van der Waals surface area contributed by atoms with Crippen LogP contribution in [0.1, 0.15) is 46.0 Å². The molecule has 84 valence electrons. The first-order valence-corrected chi connectivity index (χ1v) is 5.66. The van der Waals surface area contributed by atoms with Gasteiger partial charge >= 0.3 is 0 Å². The van der Waals surface area contributed by atoms with Crippen molar-refractivity contribution >= 4 is 11.6 Å². The molecule has 0 amide bonds. The van der Waals surface area contributed by atoms with Crippen molar-refractivity contribution in [3.8, 4) is 0 Å². The normalized spacial score (nSPS) is 46.5. The van der Waals surface area contributed by atoms with Gasteiger partial charge in [-0.1, -0.05) is 13.8 Å². The van der Waals surface area contributed by atoms with Crippen LogP contribution in [-0.4, -0.2) is 22.8 Å². The van der Waals surface area contributed by atoms with Gasteiger partial charge in [-0.05, 0) is 19.3 Å². The van der Waals surface area contributed by atoms with E-state index in [0.717, 1.165) is 12.8 Å². The first-order chi connectivity index (χ1) is 6.92. The highest BCUT2D eigenvalue weighted by molar-refractivity contribution is 5.92. The molecule has 0 aromatic carbocycles. The van der Waals surface area contributed by atoms with Crippen molar-refractivity contribution in [1.82, 2.24) is 0 Å². The highest BCUT2D eigenvalue weighted by Gasteiger charge is 2.59. The molecule has 0 bridgehead atoms. The van der Waals surface area contributed by atoms with Crippen molar-refractivity contribution in [2.75, 3.05) is 0 Å². The average molecular weight is 210 g/mol. The summed E-state index contributed by atoms with van der Waals surface area (Å²) < 4.78 is 0. The van der Waals surface area contributed by atoms with Crippen molar-refractivity contribution in [1.29, 1.82) is 0 Å². The maximum Gasteiger partial charge on any atom is 0.161 e. The smallest absolute Gasteiger partial charge is 0.161 e. The number of carbonyl (C=O) groups is 2. The second-order valence-electron chi connectivity index (χ2n) is 5.40. The zero-order valence-electron chi connectivity index (χ0n) is 9.38. The van der Waals surface area contributed by atoms with Gasteiger partial charge in [0.15, 0.2) is 5.78 Å². The summed E-state index contributed by atoms with van der Waals surface area (Å²) in [4.78, 5) is 23.5. The summed E-state index contributed by atoms with van der Waals surface area (Å²) >= 11 is 0. The van der Waals surface area contributed by atoms with Gasteiger partial charge in [0.1, 0.15) is 11.9 Å². The predicted molar refractivity (Wildman–Crippen MR) is 55.3 cm³/mol. The molecule has 0 aromatic heterocycles. The van der Waals surface area contributed by atoms with Crippen molar-refractivity contribution in [2.24, 2.45) is 10.8 Å². The predicted octanol–water partition coefficient (Wildman–Crippen LogP) is 1.48. The van der Waals surface area contributed by atoms with E-state index >= 15 is 0 Å². The van der Waals surface area contributed by atoms with Gasteiger partial charge in [-0.2, -0.15) is 0 Å². The van der Waals surface area contributed by atoms with E-state index in [1.165, 1.54) is 0 Å². The van der Waals surface area contributed by atoms with Crippen LogP contribution in [0, 0.1) is 10.8 Å². The van der Waals surface area contributed by atoms with E-state index in [-0.39, 0.29) is 11.6 Å². The molecule has 0 heterocycles. The quantitative estimate of drug-likeness (QED) is 0.658. The molecule has 2 aliphatic carbocycles. The Balaban J connectivity index is 2.44. The van der Waals surface area contributed by atoms with Crippen molar-refractivity contribution in [3.05, 3.63) is 0 Å². The van der Waals surface area contributed by atoms with E-state index in [1.807, 2.05) is 13.8 Å². The Morgan fingerprint density at radius 1 is 1.20 bits per heavy atom. The molecule has 1 N–H and O–H groups in total. The van der Waals surface area contributed by atoms with E-state index in [0.29, 0.717) is 19.3 Å². The van der Waals surface area contributed by atoms with Crippen LogP contribution >= 0.6 is 0 Å². The largest absolute Gasteiger partial charge is 0.385 e. The summed E-state index contributed by atoms with van der Waals surface area (Å²) in [5, 5.41) is 10.0. The summed E-state index contributed by atoms with van der Waals surface area (Å²) in [6.07, 6.45) is 2.20. The molecule has 0 aromatic rings. The van der Waals surface area contributed by atoms with Gasteiger partial charge < -0.3 is 5.11 Å². The first kappa shape index (κ1) is 10.8. The topological polar surface area (TPSA) is 54.4 Å². The molecule has 2 saturated carbocycles. The third-order valence-corrected chi connectivity index (χ3v) is 4.76. The Kier molecular flexibility index (Phi) is 2.26. The van der Waals surface area contributed by atoms with Gasteiger partial charge in [-0.3, -0.25) is 9.59 Å². The van der Waals surface area contributed by atoms with Crippen LogP contribution in [0.2, 0.25) is 0 Å². The number of Topliss-reactive ketones (excluding diaryl/α,β-unsaturated/α-hetero) is 2. The first-order valence-electron chi connectivity index (χ1n) is 5.66. The van der Waals surface area contributed by atoms with Crippen LogP contribution in [0.3, 0.4) is 0 Å². The van der Waals surface area contributed by atoms with Crippen molar-refractivity contribution in [3.63, 3.8) is 0 Å². The van der Waals surface area contributed by atoms with Gasteiger partial charge in [-0.15, -0.1) is 0 Å². The number of ketones is 2. The number of aliphatic hydroxyl groups is 1. The fourth-order valence-corrected chi connectivity index (χ4v) is 3.22. The third-order valence-electron chi connectivity index (χ3n) is 4.76. The zero-order valence-corrected chi connectivity index (χ0v) is 9.38. The lowest BCUT2D eigenvalue weighted by atomic mass is 9.50. The molecular formula is C12H18O3. The van der Waals surface area contributed by atoms with E-state index in [4.69, 9.17) is 0 Å². The Bertz CT molecular complexity index is 323. The van der Waals surface area contributed by atoms with Crippen LogP contribution in [0.15, 0.2) is 0 Å². The molecule has 3 atom stereocenters. The molecular weight excluding hydrogens is 192 g/mol. The third kappa shape index (κ3) is 1.22. The SMILES string of the molecule is C[C@]12CCC(=O)[C@H](O)[C@@]1(C)CCCC2=O. The van der Waals surface area contributed by atoms with Gasteiger partial charge in [0.05, 0.1) is 0 Å². The second kappa shape index (κ2) is 3.14. The van der Waals surface area contributed by atoms with E-state index in [9.17, 15) is 14.7 Å². The molecule has 0 saturated heterocycles. The van der Waals surface area contributed by atoms with Gasteiger partial charge in [0.25, 0.3) is 0 Å². The molecule has 3 heteroatoms. The molecule has 0 unspecified atom stereocenters. The van der Waals surface area contributed by atoms with Crippen LogP contribution in [-0.2, 0) is 9.59 Å². The fourth-order valence-electron chi connectivity index (χ4n) is 3.22. The Morgan fingerprint density at radius 3 is 2.53 bits per heavy atom. The number of rotatable bonds is 0. The van der Waals surface area contributed by atoms with Crippen LogP contribution in [0.25, 0.3) is 0 Å². The van der Waals surface area contributed by atoms with Gasteiger partial charge in [0, 0.05) is 23.7 Å². The minimum atomic E-state index is -0.944. The maximum absolute atomic E-state index is 12.0. The summed E-state index contributed by atoms with van der Waals surface area (Å²) in [5.41, 5.74) is -1.02. The number of carbonyl (C=O) groups excluding carboxylic acids is 2. The summed E-state index contributed by atoms with van der Waals surface area (Å²) in [6.45, 7) is 3.82. The minimum absolute atomic E-state index is 0.0929. The highest BCUT2D eigenvalue weighted by atomic mass is 16.3. The van der Waals surface area contributed by atoms with Gasteiger partial charge in [0.2, 0.25) is 0 Å². The molecule has 0 aliphatic heterocycles. The summed E-state index contributed by atoms with van der Waals surface area (Å²) in [5.74, 6) is 0.132. The van der Waals surface area contributed by atoms with E-state index in [1.54, 1.807) is 0 Å². The maximum atomic E-state index is 12.0. The Hall–Kier alpha value is -0.700. The monoisotopic (exact) mass is 210 g/mol. The van der Waals surface area contributed by atoms with Crippen molar-refractivity contribution < 1.29 is 14.7 Å². The fraction of sp³-hybridized carbons (Fsp3) is 0.833. The molecule has 3 nitrogen and oxygen atoms in total. The lowest BCUT2D eigenvalue weighted by Crippen LogP contribution is -2.58. The number of fused-ring (bicyclic) bond motifs is 1. The molecule has 0 spiro atoms. The zero-order chi connectivity index (χ0) is 11.3. The molecule has 2 rings (SSSR count). The number of hydrogen-bond donors (Lipinski definition) is 1. The molecule has 0 radical (unpaired) electrons. The Morgan fingerprint density at radius 2 is 1.87 bits per heavy atom. The van der Waals surface area contributed by atoms with E-state index in [2.05, 4.69) is 0 Å². The molecule has 2 fully saturated rings. The summed E-state index contributed by atoms with van der Waals surface area (Å²) in [7, 11) is 0. The second-order valence-corrected chi connectivity index (χ2v) is 5.40. The highest BCUT2D eigenvalue weighted by Crippen LogP contribution is 2.55. The number of aliphatic hydroxyl groups excluding tert-OH is 1. The van der Waals surface area contributed by atoms with Gasteiger partial charge in [-0.25, -0.2) is 0 Å². The van der Waals surface area contributed by atoms with Crippen LogP contribution in [0.5, 0.6) is 0 Å². The van der Waals surface area contributed by atoms with E-state index < -0.39 is 16.9 Å². The standard InChI is InChI=1S/C12H18O3/c1-11-7-5-8(13)10(15)12(11,2)6-3-4-9(11)14/h10,15H,3-7H2,1-2H3/t10-,11+,12+/m0/s1. The lowest BCUT2D eigenvalue weighted by Gasteiger charge is -2.53. The van der Waals surface area contributed by atoms with Crippen LogP contribution in [0.4, 0.5) is 0 Å². The minimum Gasteiger partial charge on any atom is -0.385 e. The lowest BCUT2D eigenvalue weighted by molar-refractivity contribution is -0.168. The van der Waals surface area contributed by atoms with Crippen molar-refractivity contribution in [2.45, 2.75) is 52.1 Å². The van der Waals surface area contributed by atoms with Crippen LogP contribution < -0.4 is 0 Å². The molecule has 2 aliphatic rings. The Labute approximate surface area is 89.9 Å². The summed E-state index contributed by atoms with van der Waals surface area (Å²) in [6, 6.07) is 0.